The molecule has 0 aliphatic heterocycles. The summed E-state index contributed by atoms with van der Waals surface area (Å²) in [5.41, 5.74) is 1.19. The number of methoxy groups -OCH3 is 1. The number of hydrogen-bond acceptors (Lipinski definition) is 5. The zero-order valence-corrected chi connectivity index (χ0v) is 15.4. The predicted octanol–water partition coefficient (Wildman–Crippen LogP) is 1.60. The highest BCUT2D eigenvalue weighted by Crippen LogP contribution is 2.09. The lowest BCUT2D eigenvalue weighted by molar-refractivity contribution is -0.121. The Bertz CT molecular complexity index is 896. The highest BCUT2D eigenvalue weighted by molar-refractivity contribution is 7.89. The number of nitrogens with one attached hydrogen (secondary N) is 2. The molecule has 2 N–H and O–H groups in total. The van der Waals surface area contributed by atoms with Crippen LogP contribution in [0.25, 0.3) is 0 Å². The average molecular weight is 394 g/mol. The van der Waals surface area contributed by atoms with E-state index in [-0.39, 0.29) is 30.3 Å². The predicted molar refractivity (Wildman–Crippen MR) is 95.8 cm³/mol. The van der Waals surface area contributed by atoms with Crippen LogP contribution in [0.1, 0.15) is 22.3 Å². The van der Waals surface area contributed by atoms with Gasteiger partial charge in [-0.1, -0.05) is 12.1 Å². The minimum absolute atomic E-state index is 0.0549. The summed E-state index contributed by atoms with van der Waals surface area (Å²) in [6.45, 7) is 0.151. The van der Waals surface area contributed by atoms with E-state index in [4.69, 9.17) is 0 Å². The van der Waals surface area contributed by atoms with Crippen molar-refractivity contribution in [3.63, 3.8) is 0 Å². The second-order valence-electron chi connectivity index (χ2n) is 5.57. The van der Waals surface area contributed by atoms with Crippen molar-refractivity contribution >= 4 is 21.9 Å². The van der Waals surface area contributed by atoms with Gasteiger partial charge < -0.3 is 10.1 Å². The van der Waals surface area contributed by atoms with Crippen molar-refractivity contribution < 1.29 is 27.1 Å². The Labute approximate surface area is 156 Å². The number of carbonyl (C=O) groups is 2. The van der Waals surface area contributed by atoms with Gasteiger partial charge in [0.05, 0.1) is 17.6 Å². The third kappa shape index (κ3) is 6.15. The van der Waals surface area contributed by atoms with Gasteiger partial charge in [-0.05, 0) is 42.0 Å². The maximum atomic E-state index is 12.8. The van der Waals surface area contributed by atoms with Crippen LogP contribution in [0.4, 0.5) is 4.39 Å². The number of hydrogen-bond donors (Lipinski definition) is 2. The first kappa shape index (κ1) is 20.5. The van der Waals surface area contributed by atoms with Crippen LogP contribution in [-0.2, 0) is 26.1 Å². The molecule has 144 valence electrons. The van der Waals surface area contributed by atoms with E-state index in [1.165, 1.54) is 7.11 Å². The second-order valence-corrected chi connectivity index (χ2v) is 7.33. The fourth-order valence-corrected chi connectivity index (χ4v) is 3.19. The fourth-order valence-electron chi connectivity index (χ4n) is 2.16. The second kappa shape index (κ2) is 9.24. The van der Waals surface area contributed by atoms with Crippen molar-refractivity contribution in [2.45, 2.75) is 17.9 Å². The zero-order valence-electron chi connectivity index (χ0n) is 14.6. The number of rotatable bonds is 8. The van der Waals surface area contributed by atoms with Crippen LogP contribution in [0.3, 0.4) is 0 Å². The molecule has 2 aromatic rings. The Morgan fingerprint density at radius 3 is 2.26 bits per heavy atom. The van der Waals surface area contributed by atoms with Gasteiger partial charge in [-0.3, -0.25) is 4.79 Å². The minimum Gasteiger partial charge on any atom is -0.465 e. The Morgan fingerprint density at radius 1 is 1.04 bits per heavy atom. The van der Waals surface area contributed by atoms with Crippen molar-refractivity contribution in [3.05, 3.63) is 65.5 Å². The fraction of sp³-hybridized carbons (Fsp3) is 0.222. The quantitative estimate of drug-likeness (QED) is 0.662. The summed E-state index contributed by atoms with van der Waals surface area (Å²) in [6, 6.07) is 10.9. The first-order chi connectivity index (χ1) is 12.8. The lowest BCUT2D eigenvalue weighted by atomic mass is 10.1. The Kier molecular flexibility index (Phi) is 7.03. The largest absolute Gasteiger partial charge is 0.465 e. The number of sulfonamides is 1. The first-order valence-electron chi connectivity index (χ1n) is 8.01. The molecule has 0 spiro atoms. The third-order valence-corrected chi connectivity index (χ3v) is 5.11. The summed E-state index contributed by atoms with van der Waals surface area (Å²) in [7, 11) is -2.50. The van der Waals surface area contributed by atoms with Crippen molar-refractivity contribution in [1.82, 2.24) is 10.0 Å². The number of ether oxygens (including phenoxy) is 1. The van der Waals surface area contributed by atoms with Crippen molar-refractivity contribution in [2.24, 2.45) is 0 Å². The third-order valence-electron chi connectivity index (χ3n) is 3.63. The molecule has 0 saturated heterocycles. The monoisotopic (exact) mass is 394 g/mol. The maximum absolute atomic E-state index is 12.8. The van der Waals surface area contributed by atoms with Crippen LogP contribution in [0.15, 0.2) is 53.4 Å². The molecule has 0 fully saturated rings. The molecule has 1 amide bonds. The molecule has 9 heteroatoms. The van der Waals surface area contributed by atoms with E-state index in [1.54, 1.807) is 24.3 Å². The normalized spacial score (nSPS) is 11.0. The zero-order chi connectivity index (χ0) is 19.9. The SMILES string of the molecule is COC(=O)c1ccc(CNC(=O)CCNS(=O)(=O)c2ccc(F)cc2)cc1. The van der Waals surface area contributed by atoms with Crippen LogP contribution in [0.5, 0.6) is 0 Å². The molecule has 27 heavy (non-hydrogen) atoms. The molecule has 0 heterocycles. The number of esters is 1. The van der Waals surface area contributed by atoms with Crippen LogP contribution in [-0.4, -0.2) is 33.9 Å². The van der Waals surface area contributed by atoms with Gasteiger partial charge in [-0.25, -0.2) is 22.3 Å². The lowest BCUT2D eigenvalue weighted by Crippen LogP contribution is -2.30. The highest BCUT2D eigenvalue weighted by atomic mass is 32.2. The van der Waals surface area contributed by atoms with Crippen molar-refractivity contribution in [2.75, 3.05) is 13.7 Å². The topological polar surface area (TPSA) is 102 Å². The summed E-state index contributed by atoms with van der Waals surface area (Å²) < 4.78 is 43.8. The van der Waals surface area contributed by atoms with Gasteiger partial charge in [-0.2, -0.15) is 0 Å². The molecule has 0 aliphatic rings. The van der Waals surface area contributed by atoms with Gasteiger partial charge in [0.1, 0.15) is 5.82 Å². The molecule has 0 aromatic heterocycles. The molecule has 0 aliphatic carbocycles. The summed E-state index contributed by atoms with van der Waals surface area (Å²) in [4.78, 5) is 23.1. The molecule has 0 bridgehead atoms. The Balaban J connectivity index is 1.77. The molecular formula is C18H19FN2O5S. The highest BCUT2D eigenvalue weighted by Gasteiger charge is 2.14. The van der Waals surface area contributed by atoms with E-state index in [2.05, 4.69) is 14.8 Å². The molecule has 0 saturated carbocycles. The van der Waals surface area contributed by atoms with E-state index >= 15 is 0 Å². The number of benzene rings is 2. The summed E-state index contributed by atoms with van der Waals surface area (Å²) in [5, 5.41) is 2.66. The molecule has 0 atom stereocenters. The van der Waals surface area contributed by atoms with Gasteiger partial charge in [0.25, 0.3) is 0 Å². The smallest absolute Gasteiger partial charge is 0.337 e. The van der Waals surface area contributed by atoms with E-state index in [1.807, 2.05) is 0 Å². The number of amides is 1. The lowest BCUT2D eigenvalue weighted by Gasteiger charge is -2.08. The number of halogens is 1. The molecule has 2 aromatic carbocycles. The van der Waals surface area contributed by atoms with Gasteiger partial charge in [0.2, 0.25) is 15.9 Å². The van der Waals surface area contributed by atoms with Gasteiger partial charge in [0.15, 0.2) is 0 Å². The first-order valence-corrected chi connectivity index (χ1v) is 9.49. The number of carbonyl (C=O) groups excluding carboxylic acids is 2. The molecule has 0 unspecified atom stereocenters. The average Bonchev–Trinajstić information content (AvgIpc) is 2.66. The van der Waals surface area contributed by atoms with Crippen molar-refractivity contribution in [3.8, 4) is 0 Å². The van der Waals surface area contributed by atoms with Gasteiger partial charge in [0, 0.05) is 19.5 Å². The van der Waals surface area contributed by atoms with Crippen molar-refractivity contribution in [1.29, 1.82) is 0 Å². The standard InChI is InChI=1S/C18H19FN2O5S/c1-26-18(23)14-4-2-13(3-5-14)12-20-17(22)10-11-21-27(24,25)16-8-6-15(19)7-9-16/h2-9,21H,10-12H2,1H3,(H,20,22). The summed E-state index contributed by atoms with van der Waals surface area (Å²) in [5.74, 6) is -1.32. The maximum Gasteiger partial charge on any atom is 0.337 e. The van der Waals surface area contributed by atoms with Crippen LogP contribution >= 0.6 is 0 Å². The van der Waals surface area contributed by atoms with E-state index in [0.29, 0.717) is 5.56 Å². The van der Waals surface area contributed by atoms with E-state index in [9.17, 15) is 22.4 Å². The van der Waals surface area contributed by atoms with Gasteiger partial charge >= 0.3 is 5.97 Å². The van der Waals surface area contributed by atoms with E-state index < -0.39 is 21.8 Å². The summed E-state index contributed by atoms with van der Waals surface area (Å²) in [6.07, 6.45) is -0.0549. The van der Waals surface area contributed by atoms with Crippen LogP contribution in [0.2, 0.25) is 0 Å². The van der Waals surface area contributed by atoms with Crippen LogP contribution < -0.4 is 10.0 Å². The molecule has 2 rings (SSSR count). The molecule has 7 nitrogen and oxygen atoms in total. The summed E-state index contributed by atoms with van der Waals surface area (Å²) >= 11 is 0. The van der Waals surface area contributed by atoms with Crippen LogP contribution in [0, 0.1) is 5.82 Å². The molecule has 0 radical (unpaired) electrons. The van der Waals surface area contributed by atoms with Gasteiger partial charge in [-0.15, -0.1) is 0 Å². The Hall–Kier alpha value is -2.78. The Morgan fingerprint density at radius 2 is 1.67 bits per heavy atom. The molecular weight excluding hydrogens is 375 g/mol. The minimum atomic E-state index is -3.80. The van der Waals surface area contributed by atoms with E-state index in [0.717, 1.165) is 29.8 Å².